The van der Waals surface area contributed by atoms with Crippen LogP contribution in [0.15, 0.2) is 24.3 Å². The van der Waals surface area contributed by atoms with E-state index >= 15 is 0 Å². The van der Waals surface area contributed by atoms with Crippen molar-refractivity contribution in [2.24, 2.45) is 0 Å². The van der Waals surface area contributed by atoms with Crippen LogP contribution < -0.4 is 0 Å². The quantitative estimate of drug-likeness (QED) is 0.778. The maximum absolute atomic E-state index is 13.5. The fourth-order valence-corrected chi connectivity index (χ4v) is 1.81. The number of rotatable bonds is 8. The Kier molecular flexibility index (Phi) is 7.04. The molecule has 1 aromatic carbocycles. The van der Waals surface area contributed by atoms with E-state index in [4.69, 9.17) is 10.00 Å². The van der Waals surface area contributed by atoms with Gasteiger partial charge in [0, 0.05) is 38.7 Å². The minimum Gasteiger partial charge on any atom is -0.387 e. The van der Waals surface area contributed by atoms with Crippen LogP contribution in [0.3, 0.4) is 0 Å². The predicted octanol–water partition coefficient (Wildman–Crippen LogP) is 1.72. The van der Waals surface area contributed by atoms with Gasteiger partial charge in [0.15, 0.2) is 0 Å². The average Bonchev–Trinajstić information content (AvgIpc) is 2.42. The van der Waals surface area contributed by atoms with E-state index in [1.165, 1.54) is 6.07 Å². The lowest BCUT2D eigenvalue weighted by molar-refractivity contribution is 0.0882. The van der Waals surface area contributed by atoms with Crippen LogP contribution in [-0.4, -0.2) is 43.4 Å². The summed E-state index contributed by atoms with van der Waals surface area (Å²) in [5.74, 6) is -0.415. The molecule has 1 unspecified atom stereocenters. The summed E-state index contributed by atoms with van der Waals surface area (Å²) >= 11 is 0. The van der Waals surface area contributed by atoms with Gasteiger partial charge in [-0.05, 0) is 6.07 Å². The smallest absolute Gasteiger partial charge is 0.129 e. The van der Waals surface area contributed by atoms with Crippen LogP contribution in [0.5, 0.6) is 0 Å². The number of hydrogen-bond donors (Lipinski definition) is 1. The Morgan fingerprint density at radius 3 is 2.79 bits per heavy atom. The van der Waals surface area contributed by atoms with Crippen molar-refractivity contribution < 1.29 is 14.2 Å². The predicted molar refractivity (Wildman–Crippen MR) is 69.9 cm³/mol. The molecule has 0 aliphatic carbocycles. The highest BCUT2D eigenvalue weighted by Gasteiger charge is 2.16. The zero-order chi connectivity index (χ0) is 14.1. The molecule has 0 spiro atoms. The third kappa shape index (κ3) is 5.35. The number of hydrogen-bond acceptors (Lipinski definition) is 4. The molecule has 0 radical (unpaired) electrons. The number of aliphatic hydroxyl groups is 1. The molecule has 0 saturated carbocycles. The van der Waals surface area contributed by atoms with Crippen LogP contribution in [0.2, 0.25) is 0 Å². The van der Waals surface area contributed by atoms with E-state index in [-0.39, 0.29) is 12.1 Å². The van der Waals surface area contributed by atoms with Crippen LogP contribution in [0.4, 0.5) is 4.39 Å². The van der Waals surface area contributed by atoms with Gasteiger partial charge in [0.1, 0.15) is 5.82 Å². The molecule has 1 atom stereocenters. The number of methoxy groups -OCH3 is 1. The average molecular weight is 266 g/mol. The fourth-order valence-electron chi connectivity index (χ4n) is 1.81. The molecule has 0 saturated heterocycles. The normalized spacial score (nSPS) is 12.4. The van der Waals surface area contributed by atoms with Crippen molar-refractivity contribution in [2.75, 3.05) is 33.4 Å². The molecule has 0 bridgehead atoms. The van der Waals surface area contributed by atoms with Gasteiger partial charge in [0.2, 0.25) is 0 Å². The molecule has 0 fully saturated rings. The number of benzene rings is 1. The van der Waals surface area contributed by atoms with Gasteiger partial charge in [-0.3, -0.25) is 4.90 Å². The molecular formula is C14H19FN2O2. The molecule has 19 heavy (non-hydrogen) atoms. The minimum atomic E-state index is -0.906. The van der Waals surface area contributed by atoms with Gasteiger partial charge in [0.05, 0.1) is 18.8 Å². The Balaban J connectivity index is 2.62. The fraction of sp³-hybridized carbons (Fsp3) is 0.500. The highest BCUT2D eigenvalue weighted by molar-refractivity contribution is 5.20. The van der Waals surface area contributed by atoms with E-state index in [0.29, 0.717) is 26.1 Å². The monoisotopic (exact) mass is 266 g/mol. The zero-order valence-electron chi connectivity index (χ0n) is 11.1. The third-order valence-electron chi connectivity index (χ3n) is 2.85. The highest BCUT2D eigenvalue weighted by Crippen LogP contribution is 2.17. The zero-order valence-corrected chi connectivity index (χ0v) is 11.1. The Hall–Kier alpha value is -1.48. The molecule has 0 aliphatic heterocycles. The van der Waals surface area contributed by atoms with E-state index in [9.17, 15) is 9.50 Å². The summed E-state index contributed by atoms with van der Waals surface area (Å²) in [7, 11) is 1.59. The van der Waals surface area contributed by atoms with E-state index in [2.05, 4.69) is 6.07 Å². The Morgan fingerprint density at radius 2 is 2.16 bits per heavy atom. The Labute approximate surface area is 113 Å². The first kappa shape index (κ1) is 15.6. The lowest BCUT2D eigenvalue weighted by Crippen LogP contribution is -2.32. The first-order chi connectivity index (χ1) is 9.19. The van der Waals surface area contributed by atoms with Crippen LogP contribution in [0.1, 0.15) is 18.1 Å². The maximum atomic E-state index is 13.5. The van der Waals surface area contributed by atoms with Crippen LogP contribution in [0, 0.1) is 17.1 Å². The first-order valence-electron chi connectivity index (χ1n) is 6.19. The summed E-state index contributed by atoms with van der Waals surface area (Å²) in [6.07, 6.45) is -0.537. The molecule has 104 valence electrons. The maximum Gasteiger partial charge on any atom is 0.129 e. The second-order valence-electron chi connectivity index (χ2n) is 4.24. The summed E-state index contributed by atoms with van der Waals surface area (Å²) in [5.41, 5.74) is 0.280. The van der Waals surface area contributed by atoms with Gasteiger partial charge in [-0.1, -0.05) is 18.2 Å². The van der Waals surface area contributed by atoms with Crippen molar-refractivity contribution in [1.29, 1.82) is 5.26 Å². The van der Waals surface area contributed by atoms with Crippen LogP contribution in [-0.2, 0) is 4.74 Å². The second-order valence-corrected chi connectivity index (χ2v) is 4.24. The number of nitriles is 1. The second kappa shape index (κ2) is 8.59. The molecule has 0 aliphatic rings. The minimum absolute atomic E-state index is 0.280. The number of nitrogens with zero attached hydrogens (tertiary/aromatic N) is 2. The van der Waals surface area contributed by atoms with Gasteiger partial charge in [-0.15, -0.1) is 0 Å². The van der Waals surface area contributed by atoms with E-state index in [0.717, 1.165) is 0 Å². The van der Waals surface area contributed by atoms with E-state index in [1.807, 2.05) is 4.90 Å². The van der Waals surface area contributed by atoms with E-state index < -0.39 is 11.9 Å². The topological polar surface area (TPSA) is 56.5 Å². The Morgan fingerprint density at radius 1 is 1.42 bits per heavy atom. The molecule has 0 aromatic heterocycles. The summed E-state index contributed by atoms with van der Waals surface area (Å²) in [4.78, 5) is 1.89. The molecule has 1 N–H and O–H groups in total. The highest BCUT2D eigenvalue weighted by atomic mass is 19.1. The van der Waals surface area contributed by atoms with Crippen LogP contribution in [0.25, 0.3) is 0 Å². The van der Waals surface area contributed by atoms with Crippen molar-refractivity contribution in [3.05, 3.63) is 35.6 Å². The van der Waals surface area contributed by atoms with Gasteiger partial charge < -0.3 is 9.84 Å². The molecule has 0 amide bonds. The van der Waals surface area contributed by atoms with Gasteiger partial charge in [-0.25, -0.2) is 4.39 Å². The molecule has 1 rings (SSSR count). The molecule has 5 heteroatoms. The van der Waals surface area contributed by atoms with Crippen molar-refractivity contribution in [2.45, 2.75) is 12.5 Å². The molecule has 0 heterocycles. The number of ether oxygens (including phenoxy) is 1. The largest absolute Gasteiger partial charge is 0.387 e. The molecular weight excluding hydrogens is 247 g/mol. The van der Waals surface area contributed by atoms with Gasteiger partial charge in [0.25, 0.3) is 0 Å². The van der Waals surface area contributed by atoms with Crippen molar-refractivity contribution in [3.63, 3.8) is 0 Å². The molecule has 1 aromatic rings. The Bertz CT molecular complexity index is 420. The number of halogens is 1. The van der Waals surface area contributed by atoms with Crippen molar-refractivity contribution in [3.8, 4) is 6.07 Å². The lowest BCUT2D eigenvalue weighted by atomic mass is 10.1. The third-order valence-corrected chi connectivity index (χ3v) is 2.85. The standard InChI is InChI=1S/C14H19FN2O2/c1-19-10-9-17(8-4-7-16)11-14(18)12-5-2-3-6-13(12)15/h2-3,5-6,14,18H,4,8-11H2,1H3. The van der Waals surface area contributed by atoms with Gasteiger partial charge >= 0.3 is 0 Å². The van der Waals surface area contributed by atoms with Gasteiger partial charge in [-0.2, -0.15) is 5.26 Å². The van der Waals surface area contributed by atoms with Crippen molar-refractivity contribution in [1.82, 2.24) is 4.90 Å². The van der Waals surface area contributed by atoms with Crippen LogP contribution >= 0.6 is 0 Å². The van der Waals surface area contributed by atoms with E-state index in [1.54, 1.807) is 25.3 Å². The first-order valence-corrected chi connectivity index (χ1v) is 6.19. The lowest BCUT2D eigenvalue weighted by Gasteiger charge is -2.24. The number of aliphatic hydroxyl groups excluding tert-OH is 1. The summed E-state index contributed by atoms with van der Waals surface area (Å²) in [6, 6.07) is 8.23. The summed E-state index contributed by atoms with van der Waals surface area (Å²) in [5, 5.41) is 18.7. The summed E-state index contributed by atoms with van der Waals surface area (Å²) < 4.78 is 18.5. The summed E-state index contributed by atoms with van der Waals surface area (Å²) in [6.45, 7) is 1.93. The molecule has 4 nitrogen and oxygen atoms in total. The van der Waals surface area contributed by atoms with Crippen molar-refractivity contribution >= 4 is 0 Å². The SMILES string of the molecule is COCCN(CCC#N)CC(O)c1ccccc1F.